The summed E-state index contributed by atoms with van der Waals surface area (Å²) in [5, 5.41) is 5.96. The highest BCUT2D eigenvalue weighted by molar-refractivity contribution is 5.81. The molecule has 0 aromatic heterocycles. The largest absolute Gasteiger partial charge is 0.416 e. The Kier molecular flexibility index (Phi) is 5.87. The van der Waals surface area contributed by atoms with Crippen molar-refractivity contribution in [3.05, 3.63) is 35.4 Å². The predicted molar refractivity (Wildman–Crippen MR) is 86.4 cm³/mol. The molecule has 0 saturated carbocycles. The van der Waals surface area contributed by atoms with Gasteiger partial charge in [-0.1, -0.05) is 18.2 Å². The molecule has 1 aliphatic heterocycles. The van der Waals surface area contributed by atoms with E-state index < -0.39 is 11.7 Å². The highest BCUT2D eigenvalue weighted by atomic mass is 19.4. The molecule has 1 fully saturated rings. The van der Waals surface area contributed by atoms with Gasteiger partial charge in [-0.2, -0.15) is 13.2 Å². The molecule has 134 valence electrons. The highest BCUT2D eigenvalue weighted by Gasteiger charge is 2.37. The molecule has 1 aromatic rings. The Hall–Kier alpha value is -1.60. The molecule has 0 radical (unpaired) electrons. The lowest BCUT2D eigenvalue weighted by Crippen LogP contribution is -2.45. The number of hydrogen-bond acceptors (Lipinski definition) is 3. The van der Waals surface area contributed by atoms with Crippen LogP contribution in [0.2, 0.25) is 0 Å². The van der Waals surface area contributed by atoms with Crippen LogP contribution < -0.4 is 10.6 Å². The highest BCUT2D eigenvalue weighted by Crippen LogP contribution is 2.29. The van der Waals surface area contributed by atoms with Crippen molar-refractivity contribution in [3.8, 4) is 0 Å². The third kappa shape index (κ3) is 4.48. The van der Waals surface area contributed by atoms with Crippen LogP contribution in [-0.2, 0) is 17.5 Å². The van der Waals surface area contributed by atoms with Crippen molar-refractivity contribution in [2.45, 2.75) is 51.1 Å². The number of halogens is 3. The lowest BCUT2D eigenvalue weighted by Gasteiger charge is -2.26. The van der Waals surface area contributed by atoms with Gasteiger partial charge < -0.3 is 10.6 Å². The zero-order chi connectivity index (χ0) is 17.9. The maximum absolute atomic E-state index is 12.8. The first-order chi connectivity index (χ1) is 11.2. The van der Waals surface area contributed by atoms with Crippen LogP contribution in [0.5, 0.6) is 0 Å². The molecule has 7 heteroatoms. The summed E-state index contributed by atoms with van der Waals surface area (Å²) in [6.45, 7) is 5.12. The molecule has 4 nitrogen and oxygen atoms in total. The first kappa shape index (κ1) is 18.7. The average molecular weight is 343 g/mol. The van der Waals surface area contributed by atoms with Gasteiger partial charge in [-0.05, 0) is 31.9 Å². The second-order valence-corrected chi connectivity index (χ2v) is 6.43. The minimum atomic E-state index is -4.33. The van der Waals surface area contributed by atoms with Gasteiger partial charge in [0.25, 0.3) is 0 Å². The molecule has 0 unspecified atom stereocenters. The molecular weight excluding hydrogens is 319 g/mol. The summed E-state index contributed by atoms with van der Waals surface area (Å²) < 4.78 is 38.3. The van der Waals surface area contributed by atoms with Crippen LogP contribution in [0.4, 0.5) is 13.2 Å². The average Bonchev–Trinajstić information content (AvgIpc) is 2.96. The van der Waals surface area contributed by atoms with Crippen LogP contribution in [-0.4, -0.2) is 42.5 Å². The van der Waals surface area contributed by atoms with E-state index in [0.29, 0.717) is 25.1 Å². The molecule has 24 heavy (non-hydrogen) atoms. The molecule has 0 bridgehead atoms. The van der Waals surface area contributed by atoms with Crippen LogP contribution in [0.25, 0.3) is 0 Å². The number of hydrogen-bond donors (Lipinski definition) is 2. The predicted octanol–water partition coefficient (Wildman–Crippen LogP) is 2.39. The molecule has 0 aliphatic carbocycles. The first-order valence-corrected chi connectivity index (χ1v) is 8.09. The Morgan fingerprint density at radius 1 is 1.38 bits per heavy atom. The van der Waals surface area contributed by atoms with Gasteiger partial charge in [-0.15, -0.1) is 0 Å². The number of likely N-dealkylation sites (tertiary alicyclic amines) is 1. The second-order valence-electron chi connectivity index (χ2n) is 6.43. The Morgan fingerprint density at radius 3 is 2.67 bits per heavy atom. The molecule has 1 aromatic carbocycles. The van der Waals surface area contributed by atoms with Crippen LogP contribution in [0.3, 0.4) is 0 Å². The zero-order valence-corrected chi connectivity index (χ0v) is 14.2. The van der Waals surface area contributed by atoms with E-state index in [0.717, 1.165) is 6.07 Å². The topological polar surface area (TPSA) is 44.4 Å². The van der Waals surface area contributed by atoms with Crippen molar-refractivity contribution < 1.29 is 18.0 Å². The minimum absolute atomic E-state index is 0.0212. The number of rotatable bonds is 5. The smallest absolute Gasteiger partial charge is 0.358 e. The van der Waals surface area contributed by atoms with E-state index in [4.69, 9.17) is 0 Å². The molecule has 1 aliphatic rings. The summed E-state index contributed by atoms with van der Waals surface area (Å²) in [7, 11) is 1.62. The van der Waals surface area contributed by atoms with Gasteiger partial charge in [0.2, 0.25) is 5.91 Å². The number of amides is 1. The summed E-state index contributed by atoms with van der Waals surface area (Å²) in [5.74, 6) is -0.0212. The summed E-state index contributed by atoms with van der Waals surface area (Å²) in [6.07, 6.45) is -3.68. The lowest BCUT2D eigenvalue weighted by atomic mass is 10.1. The molecule has 1 heterocycles. The first-order valence-electron chi connectivity index (χ1n) is 8.09. The summed E-state index contributed by atoms with van der Waals surface area (Å²) in [5.41, 5.74) is -0.0513. The van der Waals surface area contributed by atoms with Crippen LogP contribution in [0.15, 0.2) is 24.3 Å². The van der Waals surface area contributed by atoms with E-state index in [-0.39, 0.29) is 24.0 Å². The number of nitrogens with one attached hydrogen (secondary N) is 2. The third-order valence-electron chi connectivity index (χ3n) is 4.40. The lowest BCUT2D eigenvalue weighted by molar-refractivity contribution is -0.137. The quantitative estimate of drug-likeness (QED) is 0.863. The van der Waals surface area contributed by atoms with Gasteiger partial charge in [0.1, 0.15) is 0 Å². The standard InChI is InChI=1S/C17H24F3N3O/c1-11(2)23-10-14(8-15(23)16(24)21-3)22-9-12-5-4-6-13(7-12)17(18,19)20/h4-7,11,14-15,22H,8-10H2,1-3H3,(H,21,24)/t14-,15+/m1/s1. The summed E-state index contributed by atoms with van der Waals surface area (Å²) >= 11 is 0. The van der Waals surface area contributed by atoms with E-state index in [1.807, 2.05) is 13.8 Å². The van der Waals surface area contributed by atoms with Crippen molar-refractivity contribution in [2.24, 2.45) is 0 Å². The fourth-order valence-corrected chi connectivity index (χ4v) is 3.12. The maximum Gasteiger partial charge on any atom is 0.416 e. The Bertz CT molecular complexity index is 574. The molecular formula is C17H24F3N3O. The van der Waals surface area contributed by atoms with Gasteiger partial charge in [-0.3, -0.25) is 9.69 Å². The monoisotopic (exact) mass is 343 g/mol. The van der Waals surface area contributed by atoms with Crippen molar-refractivity contribution in [1.29, 1.82) is 0 Å². The molecule has 2 N–H and O–H groups in total. The van der Waals surface area contributed by atoms with E-state index in [1.165, 1.54) is 12.1 Å². The van der Waals surface area contributed by atoms with Gasteiger partial charge in [0.15, 0.2) is 0 Å². The molecule has 2 rings (SSSR count). The van der Waals surface area contributed by atoms with Crippen LogP contribution in [0, 0.1) is 0 Å². The Balaban J connectivity index is 1.99. The van der Waals surface area contributed by atoms with Crippen molar-refractivity contribution in [1.82, 2.24) is 15.5 Å². The normalized spacial score (nSPS) is 22.1. The Labute approximate surface area is 140 Å². The fourth-order valence-electron chi connectivity index (χ4n) is 3.12. The number of likely N-dealkylation sites (N-methyl/N-ethyl adjacent to an activating group) is 1. The number of alkyl halides is 3. The molecule has 1 saturated heterocycles. The number of carbonyl (C=O) groups excluding carboxylic acids is 1. The van der Waals surface area contributed by atoms with Gasteiger partial charge in [-0.25, -0.2) is 0 Å². The van der Waals surface area contributed by atoms with Gasteiger partial charge in [0.05, 0.1) is 11.6 Å². The number of carbonyl (C=O) groups is 1. The van der Waals surface area contributed by atoms with E-state index >= 15 is 0 Å². The van der Waals surface area contributed by atoms with Crippen LogP contribution >= 0.6 is 0 Å². The zero-order valence-electron chi connectivity index (χ0n) is 14.2. The van der Waals surface area contributed by atoms with Crippen molar-refractivity contribution in [2.75, 3.05) is 13.6 Å². The number of benzene rings is 1. The Morgan fingerprint density at radius 2 is 2.08 bits per heavy atom. The van der Waals surface area contributed by atoms with E-state index in [9.17, 15) is 18.0 Å². The maximum atomic E-state index is 12.8. The third-order valence-corrected chi connectivity index (χ3v) is 4.40. The minimum Gasteiger partial charge on any atom is -0.358 e. The van der Waals surface area contributed by atoms with E-state index in [1.54, 1.807) is 13.1 Å². The summed E-state index contributed by atoms with van der Waals surface area (Å²) in [6, 6.07) is 5.43. The SMILES string of the molecule is CNC(=O)[C@@H]1C[C@@H](NCc2cccc(C(F)(F)F)c2)CN1C(C)C. The fraction of sp³-hybridized carbons (Fsp3) is 0.588. The van der Waals surface area contributed by atoms with Gasteiger partial charge in [0, 0.05) is 32.2 Å². The molecule has 0 spiro atoms. The van der Waals surface area contributed by atoms with Crippen molar-refractivity contribution >= 4 is 5.91 Å². The van der Waals surface area contributed by atoms with E-state index in [2.05, 4.69) is 15.5 Å². The van der Waals surface area contributed by atoms with Crippen LogP contribution in [0.1, 0.15) is 31.4 Å². The molecule has 2 atom stereocenters. The molecule has 1 amide bonds. The van der Waals surface area contributed by atoms with Gasteiger partial charge >= 0.3 is 6.18 Å². The second kappa shape index (κ2) is 7.53. The van der Waals surface area contributed by atoms with Crippen molar-refractivity contribution in [3.63, 3.8) is 0 Å². The number of nitrogens with zero attached hydrogens (tertiary/aromatic N) is 1. The summed E-state index contributed by atoms with van der Waals surface area (Å²) in [4.78, 5) is 14.1.